The molecule has 1 aliphatic carbocycles. The zero-order chi connectivity index (χ0) is 38.1. The SMILES string of the molecule is CC1(C)c2ccccc2-c2cc(-c3cccc(-c4nc(-c5ccccc5)nc(-c5ccc(-c6c7ccccc7cc7c6ccc6ccccc67)cc5)n4)c3)ccc21. The summed E-state index contributed by atoms with van der Waals surface area (Å²) in [5.41, 5.74) is 12.9. The summed E-state index contributed by atoms with van der Waals surface area (Å²) in [5, 5.41) is 7.47. The minimum Gasteiger partial charge on any atom is -0.208 e. The van der Waals surface area contributed by atoms with Gasteiger partial charge in [-0.15, -0.1) is 0 Å². The number of hydrogen-bond acceptors (Lipinski definition) is 3. The molecule has 0 radical (unpaired) electrons. The van der Waals surface area contributed by atoms with E-state index in [0.717, 1.165) is 27.8 Å². The maximum absolute atomic E-state index is 5.16. The first-order valence-corrected chi connectivity index (χ1v) is 19.6. The van der Waals surface area contributed by atoms with E-state index in [1.54, 1.807) is 0 Å². The second-order valence-electron chi connectivity index (χ2n) is 15.6. The van der Waals surface area contributed by atoms with E-state index in [9.17, 15) is 0 Å². The summed E-state index contributed by atoms with van der Waals surface area (Å²) < 4.78 is 0. The Hall–Kier alpha value is -7.23. The molecule has 10 aromatic rings. The zero-order valence-corrected chi connectivity index (χ0v) is 31.7. The normalized spacial score (nSPS) is 12.9. The lowest BCUT2D eigenvalue weighted by molar-refractivity contribution is 0.660. The minimum atomic E-state index is -0.0306. The van der Waals surface area contributed by atoms with Gasteiger partial charge in [-0.05, 0) is 95.0 Å². The predicted octanol–water partition coefficient (Wildman–Crippen LogP) is 14.0. The molecule has 1 aliphatic rings. The molecule has 3 heteroatoms. The molecule has 0 amide bonds. The highest BCUT2D eigenvalue weighted by molar-refractivity contribution is 6.20. The van der Waals surface area contributed by atoms with E-state index in [2.05, 4.69) is 184 Å². The van der Waals surface area contributed by atoms with Crippen molar-refractivity contribution in [3.63, 3.8) is 0 Å². The minimum absolute atomic E-state index is 0.0306. The largest absolute Gasteiger partial charge is 0.208 e. The third-order valence-electron chi connectivity index (χ3n) is 11.9. The van der Waals surface area contributed by atoms with Crippen LogP contribution >= 0.6 is 0 Å². The van der Waals surface area contributed by atoms with Gasteiger partial charge in [0.05, 0.1) is 0 Å². The number of hydrogen-bond donors (Lipinski definition) is 0. The van der Waals surface area contributed by atoms with Crippen LogP contribution in [-0.4, -0.2) is 15.0 Å². The summed E-state index contributed by atoms with van der Waals surface area (Å²) in [6.07, 6.45) is 0. The van der Waals surface area contributed by atoms with Crippen molar-refractivity contribution >= 4 is 32.3 Å². The first kappa shape index (κ1) is 33.1. The highest BCUT2D eigenvalue weighted by Crippen LogP contribution is 2.49. The van der Waals surface area contributed by atoms with Gasteiger partial charge in [-0.3, -0.25) is 0 Å². The number of rotatable bonds is 5. The van der Waals surface area contributed by atoms with Gasteiger partial charge in [0.1, 0.15) is 0 Å². The fraction of sp³-hybridized carbons (Fsp3) is 0.0556. The summed E-state index contributed by atoms with van der Waals surface area (Å²) in [5.74, 6) is 1.93. The fourth-order valence-electron chi connectivity index (χ4n) is 9.01. The molecule has 11 rings (SSSR count). The number of fused-ring (bicyclic) bond motifs is 7. The van der Waals surface area contributed by atoms with E-state index in [-0.39, 0.29) is 5.41 Å². The molecule has 0 N–H and O–H groups in total. The van der Waals surface area contributed by atoms with Gasteiger partial charge in [-0.2, -0.15) is 0 Å². The Morgan fingerprint density at radius 1 is 0.316 bits per heavy atom. The van der Waals surface area contributed by atoms with E-state index in [1.807, 2.05) is 18.2 Å². The topological polar surface area (TPSA) is 38.7 Å². The van der Waals surface area contributed by atoms with Crippen molar-refractivity contribution in [3.8, 4) is 67.5 Å². The Labute approximate surface area is 332 Å². The van der Waals surface area contributed by atoms with E-state index >= 15 is 0 Å². The summed E-state index contributed by atoms with van der Waals surface area (Å²) in [4.78, 5) is 15.3. The van der Waals surface area contributed by atoms with Crippen molar-refractivity contribution < 1.29 is 0 Å². The second kappa shape index (κ2) is 12.9. The number of nitrogens with zero attached hydrogens (tertiary/aromatic N) is 3. The average molecular weight is 728 g/mol. The number of aromatic nitrogens is 3. The standard InChI is InChI=1S/C54H37N3/c1-54(2)48-22-11-10-21-44(48)47-32-39(28-30-49(47)54)38-17-12-18-41(31-38)53-56-51(36-14-4-3-5-15-36)55-52(57-53)37-25-23-35(24-26-37)50-43-20-9-7-16-40(43)33-46-42-19-8-6-13-34(42)27-29-45(46)50/h3-33H,1-2H3. The van der Waals surface area contributed by atoms with Crippen molar-refractivity contribution in [2.75, 3.05) is 0 Å². The van der Waals surface area contributed by atoms with Gasteiger partial charge in [0, 0.05) is 22.1 Å². The molecule has 1 aromatic heterocycles. The Morgan fingerprint density at radius 2 is 0.877 bits per heavy atom. The Balaban J connectivity index is 1.02. The van der Waals surface area contributed by atoms with Crippen LogP contribution in [0.4, 0.5) is 0 Å². The van der Waals surface area contributed by atoms with Crippen LogP contribution in [0.1, 0.15) is 25.0 Å². The van der Waals surface area contributed by atoms with E-state index in [0.29, 0.717) is 17.5 Å². The van der Waals surface area contributed by atoms with Crippen LogP contribution in [0.5, 0.6) is 0 Å². The fourth-order valence-corrected chi connectivity index (χ4v) is 9.01. The lowest BCUT2D eigenvalue weighted by Crippen LogP contribution is -2.14. The van der Waals surface area contributed by atoms with Crippen LogP contribution in [0.2, 0.25) is 0 Å². The van der Waals surface area contributed by atoms with Gasteiger partial charge < -0.3 is 0 Å². The van der Waals surface area contributed by atoms with Crippen LogP contribution in [-0.2, 0) is 5.41 Å². The molecule has 0 unspecified atom stereocenters. The van der Waals surface area contributed by atoms with Crippen LogP contribution in [0.15, 0.2) is 188 Å². The van der Waals surface area contributed by atoms with Crippen LogP contribution < -0.4 is 0 Å². The maximum Gasteiger partial charge on any atom is 0.164 e. The molecule has 57 heavy (non-hydrogen) atoms. The predicted molar refractivity (Wildman–Crippen MR) is 237 cm³/mol. The summed E-state index contributed by atoms with van der Waals surface area (Å²) in [6.45, 7) is 4.64. The van der Waals surface area contributed by atoms with Gasteiger partial charge in [0.25, 0.3) is 0 Å². The molecular formula is C54H37N3. The molecule has 0 atom stereocenters. The average Bonchev–Trinajstić information content (AvgIpc) is 3.51. The Bertz CT molecular complexity index is 3200. The molecule has 0 saturated carbocycles. The van der Waals surface area contributed by atoms with E-state index < -0.39 is 0 Å². The molecular weight excluding hydrogens is 691 g/mol. The van der Waals surface area contributed by atoms with E-state index in [4.69, 9.17) is 15.0 Å². The quantitative estimate of drug-likeness (QED) is 0.131. The van der Waals surface area contributed by atoms with E-state index in [1.165, 1.54) is 65.7 Å². The van der Waals surface area contributed by atoms with Gasteiger partial charge >= 0.3 is 0 Å². The molecule has 1 heterocycles. The molecule has 0 saturated heterocycles. The first-order valence-electron chi connectivity index (χ1n) is 19.6. The molecule has 0 spiro atoms. The molecule has 9 aromatic carbocycles. The van der Waals surface area contributed by atoms with Crippen molar-refractivity contribution in [3.05, 3.63) is 199 Å². The van der Waals surface area contributed by atoms with Gasteiger partial charge in [0.15, 0.2) is 17.5 Å². The highest BCUT2D eigenvalue weighted by Gasteiger charge is 2.35. The molecule has 0 bridgehead atoms. The summed E-state index contributed by atoms with van der Waals surface area (Å²) in [6, 6.07) is 67.4. The maximum atomic E-state index is 5.16. The second-order valence-corrected chi connectivity index (χ2v) is 15.6. The van der Waals surface area contributed by atoms with Crippen molar-refractivity contribution in [1.82, 2.24) is 15.0 Å². The third-order valence-corrected chi connectivity index (χ3v) is 11.9. The highest BCUT2D eigenvalue weighted by atomic mass is 15.0. The molecule has 0 fully saturated rings. The van der Waals surface area contributed by atoms with Crippen molar-refractivity contribution in [2.45, 2.75) is 19.3 Å². The zero-order valence-electron chi connectivity index (χ0n) is 31.7. The Kier molecular flexibility index (Phi) is 7.52. The molecule has 268 valence electrons. The first-order chi connectivity index (χ1) is 28.0. The number of benzene rings is 9. The summed E-state index contributed by atoms with van der Waals surface area (Å²) >= 11 is 0. The summed E-state index contributed by atoms with van der Waals surface area (Å²) in [7, 11) is 0. The van der Waals surface area contributed by atoms with Gasteiger partial charge in [0.2, 0.25) is 0 Å². The van der Waals surface area contributed by atoms with Crippen molar-refractivity contribution in [2.24, 2.45) is 0 Å². The molecule has 0 aliphatic heterocycles. The smallest absolute Gasteiger partial charge is 0.164 e. The van der Waals surface area contributed by atoms with Crippen molar-refractivity contribution in [1.29, 1.82) is 0 Å². The lowest BCUT2D eigenvalue weighted by atomic mass is 9.82. The van der Waals surface area contributed by atoms with Crippen LogP contribution in [0, 0.1) is 0 Å². The van der Waals surface area contributed by atoms with Gasteiger partial charge in [-0.1, -0.05) is 184 Å². The Morgan fingerprint density at radius 3 is 1.68 bits per heavy atom. The monoisotopic (exact) mass is 727 g/mol. The van der Waals surface area contributed by atoms with Crippen LogP contribution in [0.25, 0.3) is 99.9 Å². The van der Waals surface area contributed by atoms with Gasteiger partial charge in [-0.25, -0.2) is 15.0 Å². The third kappa shape index (κ3) is 5.46. The van der Waals surface area contributed by atoms with Crippen LogP contribution in [0.3, 0.4) is 0 Å². The lowest BCUT2D eigenvalue weighted by Gasteiger charge is -2.21. The molecule has 3 nitrogen and oxygen atoms in total.